The van der Waals surface area contributed by atoms with Gasteiger partial charge in [0.15, 0.2) is 5.11 Å². The zero-order chi connectivity index (χ0) is 18.7. The molecule has 3 rings (SSSR count). The number of anilines is 1. The normalized spacial score (nSPS) is 17.5. The van der Waals surface area contributed by atoms with Crippen LogP contribution in [0.2, 0.25) is 0 Å². The fourth-order valence-corrected chi connectivity index (χ4v) is 3.25. The van der Waals surface area contributed by atoms with Gasteiger partial charge in [-0.3, -0.25) is 0 Å². The minimum Gasteiger partial charge on any atom is -0.497 e. The molecule has 1 aromatic carbocycles. The van der Waals surface area contributed by atoms with Crippen LogP contribution in [0.3, 0.4) is 0 Å². The fraction of sp³-hybridized carbons (Fsp3) is 0.368. The van der Waals surface area contributed by atoms with Gasteiger partial charge >= 0.3 is 0 Å². The Balaban J connectivity index is 1.76. The number of pyridine rings is 1. The van der Waals surface area contributed by atoms with Crippen LogP contribution < -0.4 is 24.8 Å². The molecule has 0 saturated heterocycles. The average molecular weight is 373 g/mol. The first kappa shape index (κ1) is 18.3. The summed E-state index contributed by atoms with van der Waals surface area (Å²) in [4.78, 5) is 4.17. The standard InChI is InChI=1S/C19H23N3O3S/c1-19(2)10-15(14-9-13(23-3)6-7-16(14)25-19)22-18(26)21-12-5-8-17(24-4)20-11-12/h5-9,11,15H,10H2,1-4H3,(H2,21,22,26)/t15-/m1/s1. The van der Waals surface area contributed by atoms with Crippen LogP contribution >= 0.6 is 12.2 Å². The molecule has 2 heterocycles. The number of nitrogens with zero attached hydrogens (tertiary/aromatic N) is 1. The van der Waals surface area contributed by atoms with Crippen LogP contribution in [0.5, 0.6) is 17.4 Å². The van der Waals surface area contributed by atoms with Crippen molar-refractivity contribution in [3.8, 4) is 17.4 Å². The van der Waals surface area contributed by atoms with Crippen LogP contribution in [0, 0.1) is 0 Å². The SMILES string of the molecule is COc1ccc2c(c1)[C@H](NC(=S)Nc1ccc(OC)nc1)CC(C)(C)O2. The number of hydrogen-bond donors (Lipinski definition) is 2. The molecule has 138 valence electrons. The summed E-state index contributed by atoms with van der Waals surface area (Å²) in [5, 5.41) is 7.06. The van der Waals surface area contributed by atoms with Gasteiger partial charge in [0.1, 0.15) is 17.1 Å². The molecule has 6 nitrogen and oxygen atoms in total. The maximum absolute atomic E-state index is 6.09. The molecular formula is C19H23N3O3S. The Labute approximate surface area is 158 Å². The summed E-state index contributed by atoms with van der Waals surface area (Å²) in [5.41, 5.74) is 1.53. The zero-order valence-corrected chi connectivity index (χ0v) is 16.1. The van der Waals surface area contributed by atoms with E-state index >= 15 is 0 Å². The van der Waals surface area contributed by atoms with E-state index in [9.17, 15) is 0 Å². The van der Waals surface area contributed by atoms with Crippen molar-refractivity contribution in [2.45, 2.75) is 31.9 Å². The van der Waals surface area contributed by atoms with E-state index in [1.807, 2.05) is 24.3 Å². The summed E-state index contributed by atoms with van der Waals surface area (Å²) in [6.07, 6.45) is 2.45. The van der Waals surface area contributed by atoms with Crippen molar-refractivity contribution in [1.29, 1.82) is 0 Å². The fourth-order valence-electron chi connectivity index (χ4n) is 2.99. The first-order valence-electron chi connectivity index (χ1n) is 8.35. The smallest absolute Gasteiger partial charge is 0.213 e. The van der Waals surface area contributed by atoms with E-state index in [4.69, 9.17) is 26.4 Å². The third kappa shape index (κ3) is 4.16. The van der Waals surface area contributed by atoms with Crippen molar-refractivity contribution < 1.29 is 14.2 Å². The van der Waals surface area contributed by atoms with Crippen molar-refractivity contribution in [2.75, 3.05) is 19.5 Å². The molecule has 7 heteroatoms. The van der Waals surface area contributed by atoms with E-state index in [0.29, 0.717) is 11.0 Å². The molecule has 0 aliphatic carbocycles. The van der Waals surface area contributed by atoms with E-state index in [1.165, 1.54) is 0 Å². The third-order valence-electron chi connectivity index (χ3n) is 4.18. The highest BCUT2D eigenvalue weighted by molar-refractivity contribution is 7.80. The largest absolute Gasteiger partial charge is 0.497 e. The van der Waals surface area contributed by atoms with Gasteiger partial charge in [-0.05, 0) is 50.3 Å². The van der Waals surface area contributed by atoms with Crippen LogP contribution in [0.25, 0.3) is 0 Å². The molecule has 2 N–H and O–H groups in total. The number of aromatic nitrogens is 1. The van der Waals surface area contributed by atoms with E-state index < -0.39 is 0 Å². The van der Waals surface area contributed by atoms with Gasteiger partial charge in [0, 0.05) is 18.1 Å². The predicted molar refractivity (Wildman–Crippen MR) is 105 cm³/mol. The van der Waals surface area contributed by atoms with Crippen molar-refractivity contribution in [1.82, 2.24) is 10.3 Å². The zero-order valence-electron chi connectivity index (χ0n) is 15.3. The van der Waals surface area contributed by atoms with Gasteiger partial charge in [0.05, 0.1) is 32.1 Å². The molecule has 0 amide bonds. The number of methoxy groups -OCH3 is 2. The second-order valence-corrected chi connectivity index (χ2v) is 7.12. The molecule has 0 bridgehead atoms. The Morgan fingerprint density at radius 3 is 2.69 bits per heavy atom. The lowest BCUT2D eigenvalue weighted by Gasteiger charge is -2.38. The van der Waals surface area contributed by atoms with Crippen molar-refractivity contribution in [3.05, 3.63) is 42.1 Å². The third-order valence-corrected chi connectivity index (χ3v) is 4.40. The summed E-state index contributed by atoms with van der Waals surface area (Å²) < 4.78 is 16.5. The number of ether oxygens (including phenoxy) is 3. The molecule has 0 spiro atoms. The Kier molecular flexibility index (Phi) is 5.18. The van der Waals surface area contributed by atoms with E-state index in [0.717, 1.165) is 29.2 Å². The molecule has 0 saturated carbocycles. The number of fused-ring (bicyclic) bond motifs is 1. The summed E-state index contributed by atoms with van der Waals surface area (Å²) >= 11 is 5.49. The minimum atomic E-state index is -0.295. The van der Waals surface area contributed by atoms with Crippen LogP contribution in [-0.2, 0) is 0 Å². The lowest BCUT2D eigenvalue weighted by Crippen LogP contribution is -2.42. The summed E-state index contributed by atoms with van der Waals surface area (Å²) in [6, 6.07) is 9.48. The summed E-state index contributed by atoms with van der Waals surface area (Å²) in [6.45, 7) is 4.14. The van der Waals surface area contributed by atoms with E-state index in [1.54, 1.807) is 26.5 Å². The van der Waals surface area contributed by atoms with Crippen molar-refractivity contribution >= 4 is 23.0 Å². The number of rotatable bonds is 4. The van der Waals surface area contributed by atoms with E-state index in [2.05, 4.69) is 29.5 Å². The molecule has 1 aliphatic heterocycles. The number of nitrogens with one attached hydrogen (secondary N) is 2. The second kappa shape index (κ2) is 7.37. The van der Waals surface area contributed by atoms with Crippen molar-refractivity contribution in [2.24, 2.45) is 0 Å². The Morgan fingerprint density at radius 2 is 2.04 bits per heavy atom. The maximum Gasteiger partial charge on any atom is 0.213 e. The maximum atomic E-state index is 6.09. The summed E-state index contributed by atoms with van der Waals surface area (Å²) in [5.74, 6) is 2.19. The molecule has 1 atom stereocenters. The van der Waals surface area contributed by atoms with Crippen LogP contribution in [0.1, 0.15) is 31.9 Å². The Bertz CT molecular complexity index is 793. The first-order valence-corrected chi connectivity index (χ1v) is 8.75. The molecule has 0 radical (unpaired) electrons. The highest BCUT2D eigenvalue weighted by Gasteiger charge is 2.34. The van der Waals surface area contributed by atoms with Gasteiger partial charge in [-0.15, -0.1) is 0 Å². The van der Waals surface area contributed by atoms with Gasteiger partial charge in [-0.2, -0.15) is 0 Å². The number of benzene rings is 1. The summed E-state index contributed by atoms with van der Waals surface area (Å²) in [7, 11) is 3.24. The van der Waals surface area contributed by atoms with Gasteiger partial charge in [0.25, 0.3) is 0 Å². The lowest BCUT2D eigenvalue weighted by molar-refractivity contribution is 0.0695. The molecular weight excluding hydrogens is 350 g/mol. The number of hydrogen-bond acceptors (Lipinski definition) is 5. The molecule has 1 aromatic heterocycles. The van der Waals surface area contributed by atoms with Gasteiger partial charge < -0.3 is 24.8 Å². The molecule has 2 aromatic rings. The molecule has 26 heavy (non-hydrogen) atoms. The van der Waals surface area contributed by atoms with Gasteiger partial charge in [-0.25, -0.2) is 4.98 Å². The topological polar surface area (TPSA) is 64.6 Å². The Morgan fingerprint density at radius 1 is 1.23 bits per heavy atom. The predicted octanol–water partition coefficient (Wildman–Crippen LogP) is 3.69. The molecule has 0 unspecified atom stereocenters. The average Bonchev–Trinajstić information content (AvgIpc) is 2.61. The van der Waals surface area contributed by atoms with Crippen LogP contribution in [-0.4, -0.2) is 29.9 Å². The second-order valence-electron chi connectivity index (χ2n) is 6.71. The quantitative estimate of drug-likeness (QED) is 0.793. The monoisotopic (exact) mass is 373 g/mol. The molecule has 0 fully saturated rings. The highest BCUT2D eigenvalue weighted by Crippen LogP contribution is 2.41. The number of thiocarbonyl (C=S) groups is 1. The van der Waals surface area contributed by atoms with E-state index in [-0.39, 0.29) is 11.6 Å². The van der Waals surface area contributed by atoms with Crippen LogP contribution in [0.15, 0.2) is 36.5 Å². The first-order chi connectivity index (χ1) is 12.4. The van der Waals surface area contributed by atoms with Gasteiger partial charge in [0.2, 0.25) is 5.88 Å². The highest BCUT2D eigenvalue weighted by atomic mass is 32.1. The van der Waals surface area contributed by atoms with Crippen molar-refractivity contribution in [3.63, 3.8) is 0 Å². The Hall–Kier alpha value is -2.54. The van der Waals surface area contributed by atoms with Crippen LogP contribution in [0.4, 0.5) is 5.69 Å². The molecule has 1 aliphatic rings. The lowest BCUT2D eigenvalue weighted by atomic mass is 9.89. The minimum absolute atomic E-state index is 0.00931. The van der Waals surface area contributed by atoms with Gasteiger partial charge in [-0.1, -0.05) is 0 Å².